The van der Waals surface area contributed by atoms with E-state index in [0.717, 1.165) is 22.3 Å². The fraction of sp³-hybridized carbons (Fsp3) is 0.273. The van der Waals surface area contributed by atoms with E-state index in [-0.39, 0.29) is 12.4 Å². The normalized spacial score (nSPS) is 10.7. The van der Waals surface area contributed by atoms with Gasteiger partial charge in [0.25, 0.3) is 0 Å². The van der Waals surface area contributed by atoms with Gasteiger partial charge >= 0.3 is 11.6 Å². The molecule has 0 bridgehead atoms. The molecule has 3 rings (SSSR count). The number of carbonyl (C=O) groups excluding carboxylic acids is 1. The third-order valence-corrected chi connectivity index (χ3v) is 4.54. The number of esters is 1. The Morgan fingerprint density at radius 1 is 1.14 bits per heavy atom. The van der Waals surface area contributed by atoms with Crippen molar-refractivity contribution in [1.29, 1.82) is 0 Å². The first-order chi connectivity index (χ1) is 13.5. The Balaban J connectivity index is 1.96. The third kappa shape index (κ3) is 4.17. The maximum Gasteiger partial charge on any atom is 0.338 e. The van der Waals surface area contributed by atoms with Gasteiger partial charge in [-0.2, -0.15) is 0 Å². The quantitative estimate of drug-likeness (QED) is 0.454. The van der Waals surface area contributed by atoms with Crippen molar-refractivity contribution in [2.45, 2.75) is 19.8 Å². The molecule has 0 N–H and O–H groups in total. The van der Waals surface area contributed by atoms with Crippen molar-refractivity contribution in [3.63, 3.8) is 0 Å². The molecular formula is C22H23NO5. The van der Waals surface area contributed by atoms with E-state index in [9.17, 15) is 9.59 Å². The van der Waals surface area contributed by atoms with Crippen LogP contribution in [0.2, 0.25) is 0 Å². The second-order valence-electron chi connectivity index (χ2n) is 6.31. The van der Waals surface area contributed by atoms with Gasteiger partial charge < -0.3 is 18.8 Å². The highest BCUT2D eigenvalue weighted by Gasteiger charge is 2.14. The van der Waals surface area contributed by atoms with Crippen molar-refractivity contribution < 1.29 is 18.7 Å². The Morgan fingerprint density at radius 2 is 1.93 bits per heavy atom. The molecule has 146 valence electrons. The molecule has 0 aliphatic carbocycles. The van der Waals surface area contributed by atoms with Crippen LogP contribution < -0.4 is 15.3 Å². The molecule has 28 heavy (non-hydrogen) atoms. The Morgan fingerprint density at radius 3 is 2.68 bits per heavy atom. The Kier molecular flexibility index (Phi) is 5.99. The minimum absolute atomic E-state index is 0.241. The number of anilines is 2. The number of nitrogens with zero attached hydrogens (tertiary/aromatic N) is 1. The lowest BCUT2D eigenvalue weighted by Gasteiger charge is -2.22. The topological polar surface area (TPSA) is 69.0 Å². The van der Waals surface area contributed by atoms with Gasteiger partial charge in [0.15, 0.2) is 0 Å². The number of hydrogen-bond donors (Lipinski definition) is 0. The van der Waals surface area contributed by atoms with Crippen LogP contribution in [0, 0.1) is 0 Å². The largest absolute Gasteiger partial charge is 0.496 e. The van der Waals surface area contributed by atoms with E-state index in [1.165, 1.54) is 6.07 Å². The smallest absolute Gasteiger partial charge is 0.338 e. The first-order valence-electron chi connectivity index (χ1n) is 9.12. The van der Waals surface area contributed by atoms with E-state index in [1.54, 1.807) is 20.1 Å². The molecule has 0 spiro atoms. The van der Waals surface area contributed by atoms with Crippen LogP contribution in [-0.2, 0) is 16.0 Å². The molecule has 0 saturated heterocycles. The van der Waals surface area contributed by atoms with Gasteiger partial charge in [-0.15, -0.1) is 0 Å². The molecule has 6 heteroatoms. The zero-order valence-electron chi connectivity index (χ0n) is 16.2. The Hall–Kier alpha value is -3.28. The number of aryl methyl sites for hydroxylation is 1. The van der Waals surface area contributed by atoms with Crippen molar-refractivity contribution in [2.75, 3.05) is 25.7 Å². The van der Waals surface area contributed by atoms with Crippen LogP contribution in [0.1, 0.15) is 18.9 Å². The van der Waals surface area contributed by atoms with Crippen molar-refractivity contribution >= 4 is 28.3 Å². The maximum atomic E-state index is 12.0. The molecule has 0 radical (unpaired) electrons. The van der Waals surface area contributed by atoms with Gasteiger partial charge in [-0.25, -0.2) is 4.79 Å². The predicted molar refractivity (Wildman–Crippen MR) is 108 cm³/mol. The van der Waals surface area contributed by atoms with E-state index in [4.69, 9.17) is 13.9 Å². The lowest BCUT2D eigenvalue weighted by Crippen LogP contribution is -2.13. The maximum absolute atomic E-state index is 12.0. The molecule has 0 saturated carbocycles. The Bertz CT molecular complexity index is 1040. The number of carbonyl (C=O) groups is 1. The van der Waals surface area contributed by atoms with Crippen LogP contribution in [0.25, 0.3) is 11.0 Å². The molecule has 6 nitrogen and oxygen atoms in total. The second-order valence-corrected chi connectivity index (χ2v) is 6.31. The van der Waals surface area contributed by atoms with E-state index >= 15 is 0 Å². The molecule has 3 aromatic rings. The van der Waals surface area contributed by atoms with Crippen LogP contribution in [0.4, 0.5) is 11.4 Å². The SMILES string of the molecule is CCOC(=O)CCc1cc(N(C)c2cc(=O)oc3ccccc23)ccc1OC. The van der Waals surface area contributed by atoms with E-state index in [0.29, 0.717) is 24.4 Å². The van der Waals surface area contributed by atoms with Gasteiger partial charge in [0.2, 0.25) is 0 Å². The molecule has 0 amide bonds. The monoisotopic (exact) mass is 381 g/mol. The van der Waals surface area contributed by atoms with Gasteiger partial charge in [-0.05, 0) is 49.2 Å². The van der Waals surface area contributed by atoms with Crippen molar-refractivity contribution in [3.8, 4) is 5.75 Å². The lowest BCUT2D eigenvalue weighted by molar-refractivity contribution is -0.143. The zero-order valence-corrected chi connectivity index (χ0v) is 16.2. The van der Waals surface area contributed by atoms with Crippen LogP contribution in [0.15, 0.2) is 57.7 Å². The van der Waals surface area contributed by atoms with Gasteiger partial charge in [0.1, 0.15) is 11.3 Å². The second kappa shape index (κ2) is 8.61. The van der Waals surface area contributed by atoms with Gasteiger partial charge in [0, 0.05) is 30.6 Å². The predicted octanol–water partition coefficient (Wildman–Crippen LogP) is 4.07. The summed E-state index contributed by atoms with van der Waals surface area (Å²) < 4.78 is 15.7. The van der Waals surface area contributed by atoms with Crippen LogP contribution in [0.5, 0.6) is 5.75 Å². The first kappa shape index (κ1) is 19.5. The summed E-state index contributed by atoms with van der Waals surface area (Å²) in [5.41, 5.74) is 2.64. The molecule has 0 aliphatic heterocycles. The molecule has 0 atom stereocenters. The summed E-state index contributed by atoms with van der Waals surface area (Å²) >= 11 is 0. The van der Waals surface area contributed by atoms with Crippen molar-refractivity contribution in [1.82, 2.24) is 0 Å². The van der Waals surface area contributed by atoms with Crippen molar-refractivity contribution in [3.05, 3.63) is 64.5 Å². The van der Waals surface area contributed by atoms with Gasteiger partial charge in [0.05, 0.1) is 19.4 Å². The summed E-state index contributed by atoms with van der Waals surface area (Å²) in [6.45, 7) is 2.15. The van der Waals surface area contributed by atoms with Gasteiger partial charge in [-0.3, -0.25) is 4.79 Å². The van der Waals surface area contributed by atoms with E-state index in [2.05, 4.69) is 0 Å². The summed E-state index contributed by atoms with van der Waals surface area (Å²) in [6, 6.07) is 14.6. The number of benzene rings is 2. The van der Waals surface area contributed by atoms with Crippen LogP contribution in [0.3, 0.4) is 0 Å². The molecule has 0 fully saturated rings. The molecular weight excluding hydrogens is 358 g/mol. The molecule has 0 aliphatic rings. The Labute approximate surface area is 163 Å². The lowest BCUT2D eigenvalue weighted by atomic mass is 10.1. The molecule has 1 heterocycles. The number of methoxy groups -OCH3 is 1. The van der Waals surface area contributed by atoms with Crippen LogP contribution in [-0.4, -0.2) is 26.7 Å². The minimum atomic E-state index is -0.406. The number of rotatable bonds is 7. The summed E-state index contributed by atoms with van der Waals surface area (Å²) in [5.74, 6) is 0.467. The van der Waals surface area contributed by atoms with Gasteiger partial charge in [-0.1, -0.05) is 12.1 Å². The minimum Gasteiger partial charge on any atom is -0.496 e. The fourth-order valence-electron chi connectivity index (χ4n) is 3.15. The summed E-state index contributed by atoms with van der Waals surface area (Å²) in [7, 11) is 3.49. The summed E-state index contributed by atoms with van der Waals surface area (Å²) in [5, 5.41) is 0.841. The summed E-state index contributed by atoms with van der Waals surface area (Å²) in [4.78, 5) is 25.6. The highest BCUT2D eigenvalue weighted by molar-refractivity contribution is 5.92. The highest BCUT2D eigenvalue weighted by atomic mass is 16.5. The van der Waals surface area contributed by atoms with E-state index in [1.807, 2.05) is 48.3 Å². The number of fused-ring (bicyclic) bond motifs is 1. The van der Waals surface area contributed by atoms with Crippen molar-refractivity contribution in [2.24, 2.45) is 0 Å². The average molecular weight is 381 g/mol. The number of para-hydroxylation sites is 1. The average Bonchev–Trinajstić information content (AvgIpc) is 2.71. The molecule has 1 aromatic heterocycles. The number of ether oxygens (including phenoxy) is 2. The van der Waals surface area contributed by atoms with Crippen LogP contribution >= 0.6 is 0 Å². The molecule has 0 unspecified atom stereocenters. The third-order valence-electron chi connectivity index (χ3n) is 4.54. The number of hydrogen-bond acceptors (Lipinski definition) is 6. The molecule has 2 aromatic carbocycles. The first-order valence-corrected chi connectivity index (χ1v) is 9.12. The zero-order chi connectivity index (χ0) is 20.1. The highest BCUT2D eigenvalue weighted by Crippen LogP contribution is 2.32. The standard InChI is InChI=1S/C22H23NO5/c1-4-27-21(24)12-9-15-13-16(10-11-19(15)26-3)23(2)18-14-22(25)28-20-8-6-5-7-17(18)20/h5-8,10-11,13-14H,4,9,12H2,1-3H3. The summed E-state index contributed by atoms with van der Waals surface area (Å²) in [6.07, 6.45) is 0.774. The fourth-order valence-corrected chi connectivity index (χ4v) is 3.15. The van der Waals surface area contributed by atoms with E-state index < -0.39 is 5.63 Å².